The van der Waals surface area contributed by atoms with E-state index in [2.05, 4.69) is 10.6 Å². The summed E-state index contributed by atoms with van der Waals surface area (Å²) in [7, 11) is 3.45. The maximum Gasteiger partial charge on any atom is 0.321 e. The van der Waals surface area contributed by atoms with Crippen LogP contribution in [0.5, 0.6) is 5.75 Å². The van der Waals surface area contributed by atoms with Gasteiger partial charge in [-0.2, -0.15) is 0 Å². The lowest BCUT2D eigenvalue weighted by Gasteiger charge is -2.17. The van der Waals surface area contributed by atoms with Crippen LogP contribution in [0.25, 0.3) is 0 Å². The number of nitrogens with one attached hydrogen (secondary N) is 2. The molecule has 122 valence electrons. The Bertz CT molecular complexity index is 488. The average molecular weight is 307 g/mol. The summed E-state index contributed by atoms with van der Waals surface area (Å²) in [5.41, 5.74) is 1.07. The van der Waals surface area contributed by atoms with Crippen LogP contribution in [0.4, 0.5) is 4.79 Å². The van der Waals surface area contributed by atoms with Crippen molar-refractivity contribution in [3.8, 4) is 5.75 Å². The van der Waals surface area contributed by atoms with Crippen LogP contribution in [-0.2, 0) is 11.3 Å². The highest BCUT2D eigenvalue weighted by Crippen LogP contribution is 2.12. The molecular weight excluding hydrogens is 282 g/mol. The van der Waals surface area contributed by atoms with Crippen molar-refractivity contribution in [3.05, 3.63) is 29.8 Å². The van der Waals surface area contributed by atoms with Gasteiger partial charge in [0.05, 0.1) is 13.7 Å². The van der Waals surface area contributed by atoms with Crippen molar-refractivity contribution >= 4 is 11.9 Å². The molecule has 3 amide bonds. The minimum absolute atomic E-state index is 0.0461. The molecule has 22 heavy (non-hydrogen) atoms. The molecule has 1 aromatic carbocycles. The molecule has 0 spiro atoms. The van der Waals surface area contributed by atoms with Crippen LogP contribution >= 0.6 is 0 Å². The first-order valence-corrected chi connectivity index (χ1v) is 7.36. The molecule has 1 atom stereocenters. The van der Waals surface area contributed by atoms with Crippen LogP contribution in [-0.4, -0.2) is 43.6 Å². The van der Waals surface area contributed by atoms with Crippen molar-refractivity contribution in [2.75, 3.05) is 20.7 Å². The summed E-state index contributed by atoms with van der Waals surface area (Å²) in [5, 5.41) is 5.02. The number of nitrogens with zero attached hydrogens (tertiary/aromatic N) is 1. The van der Waals surface area contributed by atoms with E-state index in [1.165, 1.54) is 0 Å². The zero-order valence-electron chi connectivity index (χ0n) is 13.7. The fourth-order valence-electron chi connectivity index (χ4n) is 1.87. The minimum Gasteiger partial charge on any atom is -0.497 e. The van der Waals surface area contributed by atoms with Crippen LogP contribution in [0.15, 0.2) is 24.3 Å². The number of amides is 3. The first kappa shape index (κ1) is 18.0. The molecule has 6 heteroatoms. The number of hydrogen-bond acceptors (Lipinski definition) is 4. The summed E-state index contributed by atoms with van der Waals surface area (Å²) in [5.74, 6) is 0.475. The Hall–Kier alpha value is -2.08. The second-order valence-electron chi connectivity index (χ2n) is 5.35. The maximum atomic E-state index is 11.8. The molecule has 6 nitrogen and oxygen atoms in total. The Morgan fingerprint density at radius 3 is 2.45 bits per heavy atom. The van der Waals surface area contributed by atoms with Gasteiger partial charge in [0.15, 0.2) is 0 Å². The molecule has 1 rings (SSSR count). The predicted octanol–water partition coefficient (Wildman–Crippen LogP) is 1.75. The molecule has 0 fully saturated rings. The molecule has 0 heterocycles. The maximum absolute atomic E-state index is 11.8. The monoisotopic (exact) mass is 307 g/mol. The highest BCUT2D eigenvalue weighted by Gasteiger charge is 2.12. The highest BCUT2D eigenvalue weighted by molar-refractivity contribution is 5.95. The molecule has 0 aliphatic heterocycles. The largest absolute Gasteiger partial charge is 0.497 e. The van der Waals surface area contributed by atoms with Gasteiger partial charge in [0.1, 0.15) is 5.75 Å². The number of carbonyl (C=O) groups excluding carboxylic acids is 2. The zero-order chi connectivity index (χ0) is 16.5. The number of urea groups is 1. The standard InChI is InChI=1S/C16H25N3O3/c1-5-12(2)17-16(21)18-15(20)11-19(3)10-13-6-8-14(22-4)9-7-13/h6-9,12H,5,10-11H2,1-4H3,(H2,17,18,20,21)/t12-/m1/s1. The zero-order valence-corrected chi connectivity index (χ0v) is 13.7. The topological polar surface area (TPSA) is 70.7 Å². The van der Waals surface area contributed by atoms with Crippen molar-refractivity contribution in [2.45, 2.75) is 32.9 Å². The summed E-state index contributed by atoms with van der Waals surface area (Å²) >= 11 is 0. The number of imide groups is 1. The Labute approximate surface area is 131 Å². The lowest BCUT2D eigenvalue weighted by atomic mass is 10.2. The number of rotatable bonds is 7. The van der Waals surface area contributed by atoms with Gasteiger partial charge in [0.2, 0.25) is 5.91 Å². The van der Waals surface area contributed by atoms with Crippen molar-refractivity contribution in [1.82, 2.24) is 15.5 Å². The van der Waals surface area contributed by atoms with Gasteiger partial charge in [-0.05, 0) is 38.1 Å². The molecule has 2 N–H and O–H groups in total. The van der Waals surface area contributed by atoms with E-state index in [0.717, 1.165) is 17.7 Å². The smallest absolute Gasteiger partial charge is 0.321 e. The third-order valence-corrected chi connectivity index (χ3v) is 3.27. The highest BCUT2D eigenvalue weighted by atomic mass is 16.5. The van der Waals surface area contributed by atoms with Gasteiger partial charge in [-0.15, -0.1) is 0 Å². The van der Waals surface area contributed by atoms with E-state index < -0.39 is 6.03 Å². The van der Waals surface area contributed by atoms with Gasteiger partial charge >= 0.3 is 6.03 Å². The van der Waals surface area contributed by atoms with E-state index in [1.807, 2.05) is 50.1 Å². The Morgan fingerprint density at radius 2 is 1.91 bits per heavy atom. The van der Waals surface area contributed by atoms with Gasteiger partial charge in [-0.1, -0.05) is 19.1 Å². The second-order valence-corrected chi connectivity index (χ2v) is 5.35. The summed E-state index contributed by atoms with van der Waals surface area (Å²) < 4.78 is 5.10. The predicted molar refractivity (Wildman–Crippen MR) is 85.8 cm³/mol. The number of hydrogen-bond donors (Lipinski definition) is 2. The molecule has 0 aliphatic rings. The number of likely N-dealkylation sites (N-methyl/N-ethyl adjacent to an activating group) is 1. The normalized spacial score (nSPS) is 11.9. The summed E-state index contributed by atoms with van der Waals surface area (Å²) in [4.78, 5) is 25.2. The third kappa shape index (κ3) is 6.58. The Balaban J connectivity index is 2.38. The Kier molecular flexibility index (Phi) is 7.39. The van der Waals surface area contributed by atoms with Gasteiger partial charge in [0, 0.05) is 12.6 Å². The lowest BCUT2D eigenvalue weighted by molar-refractivity contribution is -0.121. The van der Waals surface area contributed by atoms with Crippen molar-refractivity contribution in [3.63, 3.8) is 0 Å². The van der Waals surface area contributed by atoms with Crippen LogP contribution in [0, 0.1) is 0 Å². The van der Waals surface area contributed by atoms with E-state index in [4.69, 9.17) is 4.74 Å². The first-order chi connectivity index (χ1) is 10.4. The number of methoxy groups -OCH3 is 1. The molecule has 0 radical (unpaired) electrons. The van der Waals surface area contributed by atoms with Gasteiger partial charge in [0.25, 0.3) is 0 Å². The summed E-state index contributed by atoms with van der Waals surface area (Å²) in [6.45, 7) is 4.62. The van der Waals surface area contributed by atoms with Crippen molar-refractivity contribution < 1.29 is 14.3 Å². The molecule has 0 bridgehead atoms. The molecular formula is C16H25N3O3. The Morgan fingerprint density at radius 1 is 1.27 bits per heavy atom. The fraction of sp³-hybridized carbons (Fsp3) is 0.500. The second kappa shape index (κ2) is 9.04. The van der Waals surface area contributed by atoms with Crippen molar-refractivity contribution in [1.29, 1.82) is 0 Å². The quantitative estimate of drug-likeness (QED) is 0.805. The SMILES string of the molecule is CC[C@@H](C)NC(=O)NC(=O)CN(C)Cc1ccc(OC)cc1. The van der Waals surface area contributed by atoms with Gasteiger partial charge in [-0.25, -0.2) is 4.79 Å². The third-order valence-electron chi connectivity index (χ3n) is 3.27. The van der Waals surface area contributed by atoms with Crippen LogP contribution < -0.4 is 15.4 Å². The van der Waals surface area contributed by atoms with E-state index in [9.17, 15) is 9.59 Å². The fourth-order valence-corrected chi connectivity index (χ4v) is 1.87. The molecule has 0 unspecified atom stereocenters. The van der Waals surface area contributed by atoms with E-state index in [-0.39, 0.29) is 18.5 Å². The van der Waals surface area contributed by atoms with Crippen LogP contribution in [0.1, 0.15) is 25.8 Å². The molecule has 0 aromatic heterocycles. The minimum atomic E-state index is -0.447. The van der Waals surface area contributed by atoms with Gasteiger partial charge < -0.3 is 10.1 Å². The first-order valence-electron chi connectivity index (χ1n) is 7.36. The number of ether oxygens (including phenoxy) is 1. The van der Waals surface area contributed by atoms with Crippen molar-refractivity contribution in [2.24, 2.45) is 0 Å². The van der Waals surface area contributed by atoms with Gasteiger partial charge in [-0.3, -0.25) is 15.0 Å². The van der Waals surface area contributed by atoms with E-state index >= 15 is 0 Å². The van der Waals surface area contributed by atoms with Crippen LogP contribution in [0.2, 0.25) is 0 Å². The molecule has 0 saturated heterocycles. The van der Waals surface area contributed by atoms with E-state index in [1.54, 1.807) is 7.11 Å². The number of carbonyl (C=O) groups is 2. The molecule has 1 aromatic rings. The summed E-state index contributed by atoms with van der Waals surface area (Å²) in [6, 6.07) is 7.25. The summed E-state index contributed by atoms with van der Waals surface area (Å²) in [6.07, 6.45) is 0.818. The molecule has 0 saturated carbocycles. The number of benzene rings is 1. The van der Waals surface area contributed by atoms with Crippen LogP contribution in [0.3, 0.4) is 0 Å². The lowest BCUT2D eigenvalue weighted by Crippen LogP contribution is -2.46. The molecule has 0 aliphatic carbocycles. The van der Waals surface area contributed by atoms with E-state index in [0.29, 0.717) is 6.54 Å². The average Bonchev–Trinajstić information content (AvgIpc) is 2.47.